The van der Waals surface area contributed by atoms with Gasteiger partial charge in [-0.1, -0.05) is 0 Å². The number of aliphatic hydroxyl groups excluding tert-OH is 1. The summed E-state index contributed by atoms with van der Waals surface area (Å²) in [6, 6.07) is 0. The van der Waals surface area contributed by atoms with Gasteiger partial charge in [-0.25, -0.2) is 0 Å². The molecule has 15 heteroatoms. The zero-order valence-corrected chi connectivity index (χ0v) is 16.2. The van der Waals surface area contributed by atoms with Crippen LogP contribution in [0.5, 0.6) is 0 Å². The van der Waals surface area contributed by atoms with Gasteiger partial charge in [0.05, 0.1) is 0 Å². The van der Waals surface area contributed by atoms with Gasteiger partial charge in [0.1, 0.15) is 0 Å². The molecular formula is C13H20BN8O5P. The number of azide groups is 1. The molecule has 5 aliphatic heterocycles. The van der Waals surface area contributed by atoms with Crippen LogP contribution in [-0.4, -0.2) is 89.3 Å². The molecule has 3 N–H and O–H groups in total. The van der Waals surface area contributed by atoms with E-state index in [2.05, 4.69) is 20.3 Å². The molecule has 0 aliphatic carbocycles. The number of aliphatic imine (C=N–C) groups is 1. The second-order valence-corrected chi connectivity index (χ2v) is 9.52. The Morgan fingerprint density at radius 3 is 3.14 bits per heavy atom. The molecule has 150 valence electrons. The van der Waals surface area contributed by atoms with Crippen molar-refractivity contribution in [3.8, 4) is 0 Å². The van der Waals surface area contributed by atoms with Crippen molar-refractivity contribution >= 4 is 21.7 Å². The summed E-state index contributed by atoms with van der Waals surface area (Å²) in [5.74, 6) is 0.532. The average Bonchev–Trinajstić information content (AvgIpc) is 3.31. The van der Waals surface area contributed by atoms with Crippen LogP contribution < -0.4 is 5.32 Å². The Morgan fingerprint density at radius 1 is 1.54 bits per heavy atom. The molecule has 2 saturated heterocycles. The first-order valence-corrected chi connectivity index (χ1v) is 11.1. The molecule has 5 aliphatic rings. The minimum atomic E-state index is -3.30. The van der Waals surface area contributed by atoms with E-state index in [-0.39, 0.29) is 12.8 Å². The Labute approximate surface area is 161 Å². The minimum absolute atomic E-state index is 0.115. The maximum absolute atomic E-state index is 10.9. The van der Waals surface area contributed by atoms with E-state index >= 15 is 0 Å². The van der Waals surface area contributed by atoms with Crippen LogP contribution in [0.3, 0.4) is 0 Å². The van der Waals surface area contributed by atoms with Crippen LogP contribution in [0.25, 0.3) is 10.4 Å². The van der Waals surface area contributed by atoms with Gasteiger partial charge in [0.2, 0.25) is 0 Å². The van der Waals surface area contributed by atoms with Crippen molar-refractivity contribution in [2.24, 2.45) is 10.1 Å². The second-order valence-electron chi connectivity index (χ2n) is 7.20. The van der Waals surface area contributed by atoms with Gasteiger partial charge in [-0.15, -0.1) is 0 Å². The Hall–Kier alpha value is -2.05. The Bertz CT molecular complexity index is 834. The van der Waals surface area contributed by atoms with E-state index in [1.807, 2.05) is 11.1 Å². The number of rotatable bonds is 2. The molecule has 0 aromatic heterocycles. The first-order chi connectivity index (χ1) is 13.4. The monoisotopic (exact) mass is 410 g/mol. The van der Waals surface area contributed by atoms with Gasteiger partial charge >= 0.3 is 161 Å². The first-order valence-electron chi connectivity index (χ1n) is 8.83. The predicted molar refractivity (Wildman–Crippen MR) is 101 cm³/mol. The third-order valence-corrected chi connectivity index (χ3v) is 6.84. The zero-order chi connectivity index (χ0) is 19.6. The molecule has 5 heterocycles. The summed E-state index contributed by atoms with van der Waals surface area (Å²) in [7, 11) is -0.0164. The summed E-state index contributed by atoms with van der Waals surface area (Å²) >= 11 is 0. The number of hydrogen-bond acceptors (Lipinski definition) is 11. The van der Waals surface area contributed by atoms with Crippen molar-refractivity contribution in [1.82, 2.24) is 20.0 Å². The summed E-state index contributed by atoms with van der Waals surface area (Å²) in [5.41, 5.74) is 9.89. The number of ether oxygens (including phenoxy) is 1. The Morgan fingerprint density at radius 2 is 2.36 bits per heavy atom. The zero-order valence-electron chi connectivity index (χ0n) is 15.2. The predicted octanol–water partition coefficient (Wildman–Crippen LogP) is -1.72. The number of aliphatic hydroxyl groups is 1. The summed E-state index contributed by atoms with van der Waals surface area (Å²) in [6.07, 6.45) is 1.06. The molecule has 0 bridgehead atoms. The summed E-state index contributed by atoms with van der Waals surface area (Å²) in [6.45, 7) is 0.115. The van der Waals surface area contributed by atoms with E-state index < -0.39 is 38.7 Å². The Kier molecular flexibility index (Phi) is 4.01. The molecule has 0 aromatic rings. The molecule has 0 radical (unpaired) electrons. The van der Waals surface area contributed by atoms with Crippen LogP contribution in [0.4, 0.5) is 0 Å². The van der Waals surface area contributed by atoms with Crippen molar-refractivity contribution < 1.29 is 23.8 Å². The normalized spacial score (nSPS) is 41.3. The van der Waals surface area contributed by atoms with Crippen molar-refractivity contribution in [1.29, 1.82) is 0 Å². The van der Waals surface area contributed by atoms with Crippen molar-refractivity contribution in [3.63, 3.8) is 0 Å². The van der Waals surface area contributed by atoms with E-state index in [1.54, 1.807) is 29.4 Å². The van der Waals surface area contributed by atoms with E-state index in [4.69, 9.17) is 19.3 Å². The molecular weight excluding hydrogens is 390 g/mol. The van der Waals surface area contributed by atoms with E-state index in [0.29, 0.717) is 5.82 Å². The molecule has 13 nitrogen and oxygen atoms in total. The van der Waals surface area contributed by atoms with Crippen LogP contribution in [0, 0.1) is 0 Å². The number of nitrogens with zero attached hydrogens (tertiary/aromatic N) is 7. The first kappa shape index (κ1) is 18.0. The van der Waals surface area contributed by atoms with E-state index in [1.165, 1.54) is 7.57 Å². The molecule has 5 unspecified atom stereocenters. The fraction of sp³-hybridized carbons (Fsp3) is 0.615. The molecule has 5 rings (SSSR count). The van der Waals surface area contributed by atoms with Gasteiger partial charge in [0.25, 0.3) is 0 Å². The van der Waals surface area contributed by atoms with Crippen molar-refractivity contribution in [2.75, 3.05) is 13.7 Å². The number of nitrogens with one attached hydrogen (secondary N) is 1. The number of fused-ring (bicyclic) bond motifs is 3. The summed E-state index contributed by atoms with van der Waals surface area (Å²) in [4.78, 5) is 22.9. The molecule has 0 spiro atoms. The summed E-state index contributed by atoms with van der Waals surface area (Å²) in [5, 5.41) is 18.0. The van der Waals surface area contributed by atoms with Crippen molar-refractivity contribution in [2.45, 2.75) is 37.0 Å². The Balaban J connectivity index is 1.51. The number of hydrogen-bond donors (Lipinski definition) is 3. The van der Waals surface area contributed by atoms with Crippen molar-refractivity contribution in [3.05, 3.63) is 34.4 Å². The van der Waals surface area contributed by atoms with Crippen LogP contribution in [0.15, 0.2) is 34.0 Å². The third kappa shape index (κ3) is 2.51. The number of likely N-dealkylation sites (N-methyl/N-ethyl adjacent to an activating group) is 1. The van der Waals surface area contributed by atoms with Crippen LogP contribution >= 0.6 is 7.82 Å². The fourth-order valence-corrected chi connectivity index (χ4v) is 5.52. The topological polar surface area (TPSA) is 151 Å². The molecule has 2 fully saturated rings. The molecule has 0 saturated carbocycles. The second kappa shape index (κ2) is 6.23. The molecule has 0 aromatic carbocycles. The van der Waals surface area contributed by atoms with Gasteiger partial charge in [-0.05, 0) is 0 Å². The van der Waals surface area contributed by atoms with E-state index in [0.717, 1.165) is 5.70 Å². The average molecular weight is 410 g/mol. The third-order valence-electron chi connectivity index (χ3n) is 5.43. The summed E-state index contributed by atoms with van der Waals surface area (Å²) < 4.78 is 17.0. The van der Waals surface area contributed by atoms with Gasteiger partial charge in [-0.2, -0.15) is 0 Å². The maximum atomic E-state index is 10.9. The quantitative estimate of drug-likeness (QED) is 0.159. The van der Waals surface area contributed by atoms with Crippen LogP contribution in [0.2, 0.25) is 0 Å². The molecule has 6 atom stereocenters. The fourth-order valence-electron chi connectivity index (χ4n) is 4.18. The van der Waals surface area contributed by atoms with Crippen LogP contribution in [-0.2, 0) is 13.8 Å². The van der Waals surface area contributed by atoms with E-state index in [9.17, 15) is 10.00 Å². The van der Waals surface area contributed by atoms with Gasteiger partial charge in [0.15, 0.2) is 0 Å². The van der Waals surface area contributed by atoms with Crippen LogP contribution in [0.1, 0.15) is 0 Å². The van der Waals surface area contributed by atoms with Gasteiger partial charge in [0, 0.05) is 0 Å². The van der Waals surface area contributed by atoms with Gasteiger partial charge in [-0.3, -0.25) is 0 Å². The SMILES string of the molecule is B[PH]1(O)OCC2OC(N3C4=C(C5NC=CN5C=N4)N(C)C3N=[N+]=[N-])C(O)[C@@H]2O1. The molecule has 28 heavy (non-hydrogen) atoms. The van der Waals surface area contributed by atoms with Gasteiger partial charge < -0.3 is 0 Å². The standard InChI is InChI=1S/C13H20BN8O5P/c1-20-7-10-16-2-3-21(10)5-17-11(7)22(13(20)18-19-15)12-8(23)9-6(26-12)4-25-28(14,24)27-9/h2-3,5-6,8-10,12-13,16,23-24,28H,4,14H2,1H3/t6?,8?,9-,10?,12?,13?/m1/s1. The molecule has 0 amide bonds.